The molecule has 0 aromatic heterocycles. The van der Waals surface area contributed by atoms with E-state index in [1.807, 2.05) is 24.3 Å². The van der Waals surface area contributed by atoms with Gasteiger partial charge >= 0.3 is 12.0 Å². The van der Waals surface area contributed by atoms with Crippen LogP contribution >= 0.6 is 15.9 Å². The van der Waals surface area contributed by atoms with Gasteiger partial charge in [0, 0.05) is 25.3 Å². The van der Waals surface area contributed by atoms with Crippen LogP contribution in [0.25, 0.3) is 0 Å². The fraction of sp³-hybridized carbons (Fsp3) is 0.263. The number of carbonyl (C=O) groups excluding carboxylic acids is 1. The number of rotatable bonds is 10. The number of amides is 2. The second kappa shape index (κ2) is 11.3. The van der Waals surface area contributed by atoms with Crippen molar-refractivity contribution in [1.29, 1.82) is 0 Å². The molecular weight excluding hydrogens is 430 g/mol. The first-order valence-corrected chi connectivity index (χ1v) is 9.39. The number of para-hydroxylation sites is 1. The second-order valence-corrected chi connectivity index (χ2v) is 6.72. The highest BCUT2D eigenvalue weighted by Gasteiger charge is 2.07. The molecule has 8 nitrogen and oxygen atoms in total. The van der Waals surface area contributed by atoms with Crippen LogP contribution in [0.2, 0.25) is 0 Å². The summed E-state index contributed by atoms with van der Waals surface area (Å²) in [6.07, 6.45) is -0.686. The SMILES string of the molecule is O=C(NCCNC[C@H](O)COc1ccccc1Br)Nc1ccc(C(=O)O)cc1. The summed E-state index contributed by atoms with van der Waals surface area (Å²) in [6, 6.07) is 12.9. The summed E-state index contributed by atoms with van der Waals surface area (Å²) in [5, 5.41) is 27.0. The highest BCUT2D eigenvalue weighted by Crippen LogP contribution is 2.23. The van der Waals surface area contributed by atoms with Crippen molar-refractivity contribution >= 4 is 33.6 Å². The lowest BCUT2D eigenvalue weighted by Crippen LogP contribution is -2.38. The number of carboxylic acids is 1. The number of carbonyl (C=O) groups is 2. The number of hydrogen-bond donors (Lipinski definition) is 5. The van der Waals surface area contributed by atoms with Crippen molar-refractivity contribution in [2.45, 2.75) is 6.10 Å². The van der Waals surface area contributed by atoms with Gasteiger partial charge in [-0.2, -0.15) is 0 Å². The van der Waals surface area contributed by atoms with E-state index in [0.717, 1.165) is 4.47 Å². The fourth-order valence-electron chi connectivity index (χ4n) is 2.21. The minimum absolute atomic E-state index is 0.149. The zero-order valence-corrected chi connectivity index (χ0v) is 16.6. The summed E-state index contributed by atoms with van der Waals surface area (Å²) in [6.45, 7) is 1.30. The van der Waals surface area contributed by atoms with Gasteiger partial charge in [0.05, 0.1) is 10.0 Å². The zero-order valence-electron chi connectivity index (χ0n) is 15.0. The molecule has 0 radical (unpaired) electrons. The molecule has 2 aromatic rings. The van der Waals surface area contributed by atoms with Gasteiger partial charge < -0.3 is 30.9 Å². The molecular formula is C19H22BrN3O5. The minimum Gasteiger partial charge on any atom is -0.490 e. The summed E-state index contributed by atoms with van der Waals surface area (Å²) < 4.78 is 6.35. The van der Waals surface area contributed by atoms with E-state index < -0.39 is 18.1 Å². The maximum atomic E-state index is 11.8. The third kappa shape index (κ3) is 7.55. The monoisotopic (exact) mass is 451 g/mol. The molecule has 0 aliphatic rings. The van der Waals surface area contributed by atoms with Crippen LogP contribution in [0.4, 0.5) is 10.5 Å². The van der Waals surface area contributed by atoms with E-state index in [0.29, 0.717) is 31.1 Å². The number of anilines is 1. The van der Waals surface area contributed by atoms with Gasteiger partial charge in [-0.1, -0.05) is 12.1 Å². The first kappa shape index (κ1) is 21.7. The van der Waals surface area contributed by atoms with E-state index in [4.69, 9.17) is 9.84 Å². The largest absolute Gasteiger partial charge is 0.490 e. The normalized spacial score (nSPS) is 11.5. The third-order valence-electron chi connectivity index (χ3n) is 3.62. The van der Waals surface area contributed by atoms with Crippen LogP contribution in [0, 0.1) is 0 Å². The molecule has 0 spiro atoms. The predicted octanol–water partition coefficient (Wildman–Crippen LogP) is 2.30. The lowest BCUT2D eigenvalue weighted by atomic mass is 10.2. The Morgan fingerprint density at radius 3 is 2.46 bits per heavy atom. The van der Waals surface area contributed by atoms with E-state index in [1.165, 1.54) is 24.3 Å². The van der Waals surface area contributed by atoms with E-state index in [-0.39, 0.29) is 12.2 Å². The van der Waals surface area contributed by atoms with E-state index in [1.54, 1.807) is 0 Å². The number of ether oxygens (including phenoxy) is 1. The molecule has 0 heterocycles. The van der Waals surface area contributed by atoms with Crippen LogP contribution in [0.3, 0.4) is 0 Å². The number of aliphatic hydroxyl groups is 1. The van der Waals surface area contributed by atoms with Crippen molar-refractivity contribution < 1.29 is 24.5 Å². The van der Waals surface area contributed by atoms with Crippen molar-refractivity contribution in [3.05, 3.63) is 58.6 Å². The number of urea groups is 1. The minimum atomic E-state index is -1.02. The number of hydrogen-bond acceptors (Lipinski definition) is 5. The number of nitrogens with one attached hydrogen (secondary N) is 3. The van der Waals surface area contributed by atoms with Crippen LogP contribution < -0.4 is 20.7 Å². The molecule has 150 valence electrons. The molecule has 1 atom stereocenters. The first-order valence-electron chi connectivity index (χ1n) is 8.60. The van der Waals surface area contributed by atoms with Crippen LogP contribution in [-0.4, -0.2) is 54.6 Å². The molecule has 0 saturated heterocycles. The lowest BCUT2D eigenvalue weighted by Gasteiger charge is -2.14. The van der Waals surface area contributed by atoms with Crippen molar-refractivity contribution in [3.63, 3.8) is 0 Å². The average Bonchev–Trinajstić information content (AvgIpc) is 2.67. The van der Waals surface area contributed by atoms with Gasteiger partial charge in [-0.05, 0) is 52.3 Å². The molecule has 28 heavy (non-hydrogen) atoms. The summed E-state index contributed by atoms with van der Waals surface area (Å²) >= 11 is 3.37. The zero-order chi connectivity index (χ0) is 20.4. The molecule has 0 saturated carbocycles. The molecule has 0 fully saturated rings. The van der Waals surface area contributed by atoms with Gasteiger partial charge in [-0.25, -0.2) is 9.59 Å². The Bertz CT molecular complexity index is 785. The first-order chi connectivity index (χ1) is 13.5. The van der Waals surface area contributed by atoms with Crippen LogP contribution in [-0.2, 0) is 0 Å². The van der Waals surface area contributed by atoms with Crippen molar-refractivity contribution in [2.24, 2.45) is 0 Å². The van der Waals surface area contributed by atoms with Crippen LogP contribution in [0.15, 0.2) is 53.0 Å². The van der Waals surface area contributed by atoms with Gasteiger partial charge in [0.1, 0.15) is 18.5 Å². The smallest absolute Gasteiger partial charge is 0.335 e. The van der Waals surface area contributed by atoms with Crippen molar-refractivity contribution in [1.82, 2.24) is 10.6 Å². The number of aromatic carboxylic acids is 1. The Labute approximate surface area is 171 Å². The number of carboxylic acid groups (broad SMARTS) is 1. The molecule has 9 heteroatoms. The predicted molar refractivity (Wildman–Crippen MR) is 109 cm³/mol. The lowest BCUT2D eigenvalue weighted by molar-refractivity contribution is 0.0697. The second-order valence-electron chi connectivity index (χ2n) is 5.86. The third-order valence-corrected chi connectivity index (χ3v) is 4.28. The van der Waals surface area contributed by atoms with Crippen molar-refractivity contribution in [2.75, 3.05) is 31.6 Å². The molecule has 0 aliphatic carbocycles. The molecule has 2 rings (SSSR count). The van der Waals surface area contributed by atoms with Crippen molar-refractivity contribution in [3.8, 4) is 5.75 Å². The van der Waals surface area contributed by atoms with E-state index in [9.17, 15) is 14.7 Å². The molecule has 5 N–H and O–H groups in total. The fourth-order valence-corrected chi connectivity index (χ4v) is 2.61. The highest BCUT2D eigenvalue weighted by atomic mass is 79.9. The Morgan fingerprint density at radius 2 is 1.79 bits per heavy atom. The Hall–Kier alpha value is -2.62. The molecule has 2 aromatic carbocycles. The Balaban J connectivity index is 1.57. The highest BCUT2D eigenvalue weighted by molar-refractivity contribution is 9.10. The molecule has 0 aliphatic heterocycles. The van der Waals surface area contributed by atoms with Gasteiger partial charge in [0.25, 0.3) is 0 Å². The Kier molecular flexibility index (Phi) is 8.73. The standard InChI is InChI=1S/C19H22BrN3O5/c20-16-3-1-2-4-17(16)28-12-15(24)11-21-9-10-22-19(27)23-14-7-5-13(6-8-14)18(25)26/h1-8,15,21,24H,9-12H2,(H,25,26)(H2,22,23,27)/t15-/m0/s1. The van der Waals surface area contributed by atoms with Gasteiger partial charge in [-0.15, -0.1) is 0 Å². The maximum absolute atomic E-state index is 11.8. The summed E-state index contributed by atoms with van der Waals surface area (Å²) in [7, 11) is 0. The summed E-state index contributed by atoms with van der Waals surface area (Å²) in [5.74, 6) is -0.359. The number of benzene rings is 2. The van der Waals surface area contributed by atoms with Gasteiger partial charge in [0.2, 0.25) is 0 Å². The molecule has 0 unspecified atom stereocenters. The summed E-state index contributed by atoms with van der Waals surface area (Å²) in [5.41, 5.74) is 0.646. The molecule has 0 bridgehead atoms. The maximum Gasteiger partial charge on any atom is 0.335 e. The average molecular weight is 452 g/mol. The number of aliphatic hydroxyl groups excluding tert-OH is 1. The van der Waals surface area contributed by atoms with Crippen LogP contribution in [0.5, 0.6) is 5.75 Å². The summed E-state index contributed by atoms with van der Waals surface area (Å²) in [4.78, 5) is 22.6. The topological polar surface area (TPSA) is 120 Å². The van der Waals surface area contributed by atoms with E-state index in [2.05, 4.69) is 31.9 Å². The Morgan fingerprint density at radius 1 is 1.07 bits per heavy atom. The quantitative estimate of drug-likeness (QED) is 0.353. The van der Waals surface area contributed by atoms with Gasteiger partial charge in [0.15, 0.2) is 0 Å². The number of halogens is 1. The van der Waals surface area contributed by atoms with Crippen LogP contribution in [0.1, 0.15) is 10.4 Å². The van der Waals surface area contributed by atoms with E-state index >= 15 is 0 Å². The van der Waals surface area contributed by atoms with Gasteiger partial charge in [-0.3, -0.25) is 0 Å². The molecule has 2 amide bonds.